The van der Waals surface area contributed by atoms with E-state index >= 15 is 0 Å². The first-order chi connectivity index (χ1) is 20.2. The Morgan fingerprint density at radius 2 is 1.49 bits per heavy atom. The number of halogens is 5. The van der Waals surface area contributed by atoms with Gasteiger partial charge in [-0.1, -0.05) is 56.0 Å². The number of alkyl halides is 3. The zero-order valence-electron chi connectivity index (χ0n) is 23.6. The Balaban J connectivity index is 2.25. The maximum atomic E-state index is 13.7. The van der Waals surface area contributed by atoms with Crippen molar-refractivity contribution in [3.63, 3.8) is 0 Å². The summed E-state index contributed by atoms with van der Waals surface area (Å²) in [7, 11) is 0. The number of benzene rings is 3. The molecule has 43 heavy (non-hydrogen) atoms. The van der Waals surface area contributed by atoms with E-state index in [1.165, 1.54) is 24.3 Å². The van der Waals surface area contributed by atoms with E-state index in [4.69, 9.17) is 27.9 Å². The Kier molecular flexibility index (Phi) is 12.0. The first-order valence-corrected chi connectivity index (χ1v) is 14.6. The van der Waals surface area contributed by atoms with Crippen LogP contribution in [0.25, 0.3) is 21.5 Å². The summed E-state index contributed by atoms with van der Waals surface area (Å²) >= 11 is 12.6. The number of unbranched alkanes of at least 4 members (excludes halogenated alkanes) is 2. The van der Waals surface area contributed by atoms with Gasteiger partial charge in [0.2, 0.25) is 0 Å². The Morgan fingerprint density at radius 3 is 2.02 bits per heavy atom. The molecular weight excluding hydrogens is 614 g/mol. The number of aliphatic carboxylic acids is 2. The minimum atomic E-state index is -4.68. The van der Waals surface area contributed by atoms with Crippen LogP contribution in [0, 0.1) is 0 Å². The fourth-order valence-corrected chi connectivity index (χ4v) is 5.49. The largest absolute Gasteiger partial charge is 0.479 e. The first-order valence-electron chi connectivity index (χ1n) is 13.8. The number of hydrogen-bond acceptors (Lipinski definition) is 6. The van der Waals surface area contributed by atoms with Crippen LogP contribution in [0.1, 0.15) is 56.8 Å². The Labute approximate surface area is 256 Å². The highest BCUT2D eigenvalue weighted by atomic mass is 35.5. The number of ether oxygens (including phenoxy) is 1. The molecule has 0 spiro atoms. The second-order valence-electron chi connectivity index (χ2n) is 10.4. The standard InChI is InChI=1S/C30H34Cl2F3NO7/c1-3-5-9-36(10-6-4-2)15-24(43-27(29(41)42)26(38)28(39)40)25(37)22-14-21-20(12-17(31)13-23(21)32)19-11-16(30(33,34)35)7-8-18(19)22/h7-8,11-14,24-27,37-38H,3-6,9-10,15H2,1-2H3,(H,39,40)(H,41,42). The first kappa shape index (κ1) is 34.8. The molecule has 13 heteroatoms. The SMILES string of the molecule is CCCCN(CCCC)CC(OC(C(=O)O)C(O)C(=O)O)C(O)c1cc2c(Cl)cc(Cl)cc2c2cc(C(F)(F)F)ccc12. The van der Waals surface area contributed by atoms with Crippen LogP contribution in [0.15, 0.2) is 36.4 Å². The molecule has 3 aromatic rings. The Bertz CT molecular complexity index is 1450. The molecule has 0 bridgehead atoms. The van der Waals surface area contributed by atoms with E-state index in [1.54, 1.807) is 0 Å². The summed E-state index contributed by atoms with van der Waals surface area (Å²) in [5, 5.41) is 42.1. The molecule has 0 heterocycles. The van der Waals surface area contributed by atoms with Crippen LogP contribution >= 0.6 is 23.2 Å². The highest BCUT2D eigenvalue weighted by Crippen LogP contribution is 2.41. The van der Waals surface area contributed by atoms with Crippen LogP contribution < -0.4 is 0 Å². The van der Waals surface area contributed by atoms with E-state index in [1.807, 2.05) is 18.7 Å². The molecule has 236 valence electrons. The second kappa shape index (κ2) is 14.9. The van der Waals surface area contributed by atoms with E-state index in [9.17, 15) is 43.2 Å². The molecule has 8 nitrogen and oxygen atoms in total. The van der Waals surface area contributed by atoms with Crippen LogP contribution in [0.3, 0.4) is 0 Å². The number of aliphatic hydroxyl groups excluding tert-OH is 2. The zero-order chi connectivity index (χ0) is 32.1. The smallest absolute Gasteiger partial charge is 0.416 e. The van der Waals surface area contributed by atoms with Gasteiger partial charge in [-0.3, -0.25) is 0 Å². The highest BCUT2D eigenvalue weighted by molar-refractivity contribution is 6.39. The minimum absolute atomic E-state index is 0.0637. The summed E-state index contributed by atoms with van der Waals surface area (Å²) in [6, 6.07) is 7.28. The summed E-state index contributed by atoms with van der Waals surface area (Å²) in [6.45, 7) is 5.01. The van der Waals surface area contributed by atoms with Gasteiger partial charge in [-0.15, -0.1) is 0 Å². The second-order valence-corrected chi connectivity index (χ2v) is 11.2. The third kappa shape index (κ3) is 8.49. The number of aliphatic hydroxyl groups is 2. The van der Waals surface area contributed by atoms with Gasteiger partial charge in [0.1, 0.15) is 12.2 Å². The lowest BCUT2D eigenvalue weighted by Crippen LogP contribution is -2.48. The van der Waals surface area contributed by atoms with E-state index in [0.717, 1.165) is 37.8 Å². The van der Waals surface area contributed by atoms with E-state index < -0.39 is 48.1 Å². The van der Waals surface area contributed by atoms with Crippen molar-refractivity contribution in [2.45, 2.75) is 70.1 Å². The average molecular weight is 649 g/mol. The van der Waals surface area contributed by atoms with Crippen LogP contribution in [0.2, 0.25) is 10.0 Å². The zero-order valence-corrected chi connectivity index (χ0v) is 25.1. The predicted molar refractivity (Wildman–Crippen MR) is 158 cm³/mol. The van der Waals surface area contributed by atoms with Crippen LogP contribution in [0.4, 0.5) is 13.2 Å². The van der Waals surface area contributed by atoms with Crippen molar-refractivity contribution in [3.05, 3.63) is 57.6 Å². The molecule has 0 amide bonds. The van der Waals surface area contributed by atoms with Gasteiger partial charge < -0.3 is 30.1 Å². The monoisotopic (exact) mass is 647 g/mol. The number of rotatable bonds is 15. The molecule has 3 aromatic carbocycles. The fraction of sp³-hybridized carbons (Fsp3) is 0.467. The fourth-order valence-electron chi connectivity index (χ4n) is 4.94. The number of carboxylic acid groups (broad SMARTS) is 2. The van der Waals surface area contributed by atoms with Gasteiger partial charge in [0.15, 0.2) is 12.2 Å². The molecular formula is C30H34Cl2F3NO7. The van der Waals surface area contributed by atoms with E-state index in [2.05, 4.69) is 0 Å². The molecule has 0 saturated heterocycles. The number of carbonyl (C=O) groups is 2. The lowest BCUT2D eigenvalue weighted by atomic mass is 9.91. The summed E-state index contributed by atoms with van der Waals surface area (Å²) in [4.78, 5) is 25.4. The molecule has 0 aromatic heterocycles. The Morgan fingerprint density at radius 1 is 0.884 bits per heavy atom. The topological polar surface area (TPSA) is 128 Å². The third-order valence-corrected chi connectivity index (χ3v) is 7.74. The van der Waals surface area contributed by atoms with Gasteiger partial charge in [0, 0.05) is 22.0 Å². The van der Waals surface area contributed by atoms with Crippen molar-refractivity contribution in [2.24, 2.45) is 0 Å². The van der Waals surface area contributed by atoms with Gasteiger partial charge in [-0.05, 0) is 78.0 Å². The molecule has 4 unspecified atom stereocenters. The molecule has 0 saturated carbocycles. The Hall–Kier alpha value is -2.67. The molecule has 3 rings (SSSR count). The van der Waals surface area contributed by atoms with E-state index in [-0.39, 0.29) is 38.3 Å². The molecule has 0 aliphatic carbocycles. The van der Waals surface area contributed by atoms with Gasteiger partial charge in [-0.2, -0.15) is 13.2 Å². The number of carboxylic acids is 2. The van der Waals surface area contributed by atoms with Gasteiger partial charge >= 0.3 is 18.1 Å². The van der Waals surface area contributed by atoms with E-state index in [0.29, 0.717) is 18.5 Å². The maximum Gasteiger partial charge on any atom is 0.416 e. The number of nitrogens with zero attached hydrogens (tertiary/aromatic N) is 1. The third-order valence-electron chi connectivity index (χ3n) is 7.21. The highest BCUT2D eigenvalue weighted by Gasteiger charge is 2.39. The molecule has 0 aliphatic heterocycles. The molecule has 0 radical (unpaired) electrons. The van der Waals surface area contributed by atoms with Crippen molar-refractivity contribution < 1.29 is 47.9 Å². The van der Waals surface area contributed by atoms with Gasteiger partial charge in [0.05, 0.1) is 5.56 Å². The number of hydrogen-bond donors (Lipinski definition) is 4. The van der Waals surface area contributed by atoms with Crippen LogP contribution in [0.5, 0.6) is 0 Å². The minimum Gasteiger partial charge on any atom is -0.479 e. The van der Waals surface area contributed by atoms with Crippen LogP contribution in [-0.4, -0.2) is 75.2 Å². The average Bonchev–Trinajstić information content (AvgIpc) is 2.94. The van der Waals surface area contributed by atoms with Crippen LogP contribution in [-0.2, 0) is 20.5 Å². The van der Waals surface area contributed by atoms with Crippen molar-refractivity contribution in [1.82, 2.24) is 4.90 Å². The number of fused-ring (bicyclic) bond motifs is 3. The normalized spacial score (nSPS) is 15.1. The van der Waals surface area contributed by atoms with Crippen molar-refractivity contribution >= 4 is 56.7 Å². The van der Waals surface area contributed by atoms with Gasteiger partial charge in [0.25, 0.3) is 0 Å². The summed E-state index contributed by atoms with van der Waals surface area (Å²) < 4.78 is 46.8. The lowest BCUT2D eigenvalue weighted by molar-refractivity contribution is -0.183. The molecule has 4 N–H and O–H groups in total. The predicted octanol–water partition coefficient (Wildman–Crippen LogP) is 6.54. The van der Waals surface area contributed by atoms with Gasteiger partial charge in [-0.25, -0.2) is 9.59 Å². The van der Waals surface area contributed by atoms with Crippen molar-refractivity contribution in [3.8, 4) is 0 Å². The molecule has 0 aliphatic rings. The summed E-state index contributed by atoms with van der Waals surface area (Å²) in [5.41, 5.74) is -0.872. The summed E-state index contributed by atoms with van der Waals surface area (Å²) in [6.07, 6.45) is -9.27. The quantitative estimate of drug-likeness (QED) is 0.137. The lowest BCUT2D eigenvalue weighted by Gasteiger charge is -2.33. The molecule has 4 atom stereocenters. The van der Waals surface area contributed by atoms with Crippen molar-refractivity contribution in [1.29, 1.82) is 0 Å². The van der Waals surface area contributed by atoms with Crippen molar-refractivity contribution in [2.75, 3.05) is 19.6 Å². The molecule has 0 fully saturated rings. The summed E-state index contributed by atoms with van der Waals surface area (Å²) in [5.74, 6) is -3.61. The maximum absolute atomic E-state index is 13.7.